The molecule has 18 heavy (non-hydrogen) atoms. The molecule has 4 nitrogen and oxygen atoms in total. The molecule has 0 aliphatic rings. The van der Waals surface area contributed by atoms with Crippen molar-refractivity contribution in [2.75, 3.05) is 20.3 Å². The minimum Gasteiger partial charge on any atom is -0.373 e. The molecule has 0 radical (unpaired) electrons. The average Bonchev–Trinajstić information content (AvgIpc) is 2.71. The lowest BCUT2D eigenvalue weighted by Crippen LogP contribution is -2.34. The van der Waals surface area contributed by atoms with Gasteiger partial charge < -0.3 is 10.1 Å². The zero-order chi connectivity index (χ0) is 13.8. The van der Waals surface area contributed by atoms with Crippen molar-refractivity contribution in [2.45, 2.75) is 18.4 Å². The number of hydrogen-bond donors (Lipinski definition) is 1. The number of rotatable bonds is 7. The highest BCUT2D eigenvalue weighted by atomic mass is 19.3. The predicted molar refractivity (Wildman–Crippen MR) is 56.8 cm³/mol. The molecular weight excluding hydrogens is 254 g/mol. The Hall–Kier alpha value is -1.15. The average molecular weight is 269 g/mol. The molecule has 0 fully saturated rings. The fraction of sp³-hybridized carbons (Fsp3) is 0.700. The van der Waals surface area contributed by atoms with E-state index in [4.69, 9.17) is 0 Å². The molecule has 0 aliphatic heterocycles. The minimum atomic E-state index is -4.12. The van der Waals surface area contributed by atoms with Crippen LogP contribution in [0.15, 0.2) is 12.4 Å². The third-order valence-corrected chi connectivity index (χ3v) is 2.37. The van der Waals surface area contributed by atoms with Crippen LogP contribution in [0.2, 0.25) is 0 Å². The summed E-state index contributed by atoms with van der Waals surface area (Å²) in [6, 6.07) is -0.368. The Morgan fingerprint density at radius 1 is 1.50 bits per heavy atom. The Morgan fingerprint density at radius 3 is 2.61 bits per heavy atom. The standard InChI is InChI=1S/C10H15F4N3O/c1-15-8(7-3-16-17(2)4-7)5-18-6-10(13,14)9(11)12/h3-4,8-9,15H,5-6H2,1-2H3. The van der Waals surface area contributed by atoms with Crippen LogP contribution < -0.4 is 5.32 Å². The van der Waals surface area contributed by atoms with Gasteiger partial charge >= 0.3 is 12.3 Å². The Balaban J connectivity index is 2.46. The lowest BCUT2D eigenvalue weighted by atomic mass is 10.2. The number of nitrogens with one attached hydrogen (secondary N) is 1. The van der Waals surface area contributed by atoms with Gasteiger partial charge in [0.25, 0.3) is 0 Å². The Kier molecular flexibility index (Phi) is 5.09. The zero-order valence-corrected chi connectivity index (χ0v) is 10.0. The van der Waals surface area contributed by atoms with E-state index < -0.39 is 19.0 Å². The number of ether oxygens (including phenoxy) is 1. The molecule has 104 valence electrons. The van der Waals surface area contributed by atoms with Gasteiger partial charge in [-0.2, -0.15) is 13.9 Å². The minimum absolute atomic E-state index is 0.134. The number of alkyl halides is 4. The van der Waals surface area contributed by atoms with E-state index in [1.54, 1.807) is 31.2 Å². The molecule has 8 heteroatoms. The van der Waals surface area contributed by atoms with Crippen molar-refractivity contribution in [1.29, 1.82) is 0 Å². The summed E-state index contributed by atoms with van der Waals surface area (Å²) in [5.41, 5.74) is 0.736. The molecule has 1 heterocycles. The molecule has 1 rings (SSSR count). The van der Waals surface area contributed by atoms with Crippen LogP contribution in [0.3, 0.4) is 0 Å². The summed E-state index contributed by atoms with van der Waals surface area (Å²) >= 11 is 0. The molecule has 1 aromatic heterocycles. The third-order valence-electron chi connectivity index (χ3n) is 2.37. The fourth-order valence-electron chi connectivity index (χ4n) is 1.34. The van der Waals surface area contributed by atoms with Crippen molar-refractivity contribution in [3.05, 3.63) is 18.0 Å². The SMILES string of the molecule is CNC(COCC(F)(F)C(F)F)c1cnn(C)c1. The van der Waals surface area contributed by atoms with Crippen molar-refractivity contribution in [3.63, 3.8) is 0 Å². The van der Waals surface area contributed by atoms with Crippen molar-refractivity contribution < 1.29 is 22.3 Å². The monoisotopic (exact) mass is 269 g/mol. The van der Waals surface area contributed by atoms with Gasteiger partial charge in [0.15, 0.2) is 0 Å². The van der Waals surface area contributed by atoms with E-state index in [1.165, 1.54) is 0 Å². The highest BCUT2D eigenvalue weighted by molar-refractivity contribution is 5.10. The number of halogens is 4. The first kappa shape index (κ1) is 14.9. The molecule has 0 amide bonds. The van der Waals surface area contributed by atoms with Gasteiger partial charge in [-0.3, -0.25) is 4.68 Å². The van der Waals surface area contributed by atoms with Gasteiger partial charge in [0.2, 0.25) is 0 Å². The highest BCUT2D eigenvalue weighted by Gasteiger charge is 2.41. The molecule has 1 unspecified atom stereocenters. The van der Waals surface area contributed by atoms with E-state index in [0.717, 1.165) is 5.56 Å². The highest BCUT2D eigenvalue weighted by Crippen LogP contribution is 2.23. The summed E-state index contributed by atoms with van der Waals surface area (Å²) in [5.74, 6) is -4.12. The largest absolute Gasteiger partial charge is 0.373 e. The van der Waals surface area contributed by atoms with Crippen LogP contribution in [0.4, 0.5) is 17.6 Å². The lowest BCUT2D eigenvalue weighted by molar-refractivity contribution is -0.167. The normalized spacial score (nSPS) is 14.2. The van der Waals surface area contributed by atoms with Crippen molar-refractivity contribution in [2.24, 2.45) is 7.05 Å². The fourth-order valence-corrected chi connectivity index (χ4v) is 1.34. The number of aryl methyl sites for hydroxylation is 1. The van der Waals surface area contributed by atoms with Crippen LogP contribution >= 0.6 is 0 Å². The van der Waals surface area contributed by atoms with Gasteiger partial charge in [0.05, 0.1) is 18.8 Å². The number of aromatic nitrogens is 2. The first-order chi connectivity index (χ1) is 8.36. The van der Waals surface area contributed by atoms with Crippen LogP contribution in [0.1, 0.15) is 11.6 Å². The van der Waals surface area contributed by atoms with Gasteiger partial charge in [0, 0.05) is 18.8 Å². The quantitative estimate of drug-likeness (QED) is 0.764. The Labute approximate surface area is 102 Å². The summed E-state index contributed by atoms with van der Waals surface area (Å²) in [7, 11) is 3.33. The van der Waals surface area contributed by atoms with Crippen molar-refractivity contribution in [1.82, 2.24) is 15.1 Å². The predicted octanol–water partition coefficient (Wildman–Crippen LogP) is 1.60. The number of hydrogen-bond acceptors (Lipinski definition) is 3. The van der Waals surface area contributed by atoms with Gasteiger partial charge in [-0.1, -0.05) is 0 Å². The van der Waals surface area contributed by atoms with Crippen LogP contribution in [0.5, 0.6) is 0 Å². The molecule has 1 N–H and O–H groups in total. The maximum absolute atomic E-state index is 12.6. The molecule has 0 spiro atoms. The summed E-state index contributed by atoms with van der Waals surface area (Å²) < 4.78 is 55.2. The van der Waals surface area contributed by atoms with E-state index in [0.29, 0.717) is 0 Å². The van der Waals surface area contributed by atoms with Crippen molar-refractivity contribution >= 4 is 0 Å². The molecular formula is C10H15F4N3O. The zero-order valence-electron chi connectivity index (χ0n) is 10.0. The molecule has 1 aromatic rings. The first-order valence-corrected chi connectivity index (χ1v) is 5.26. The second kappa shape index (κ2) is 6.14. The second-order valence-corrected chi connectivity index (χ2v) is 3.87. The Morgan fingerprint density at radius 2 is 2.17 bits per heavy atom. The van der Waals surface area contributed by atoms with E-state index >= 15 is 0 Å². The van der Waals surface area contributed by atoms with E-state index in [1.807, 2.05) is 0 Å². The van der Waals surface area contributed by atoms with Gasteiger partial charge in [-0.05, 0) is 7.05 Å². The number of nitrogens with zero attached hydrogens (tertiary/aromatic N) is 2. The van der Waals surface area contributed by atoms with Crippen LogP contribution in [-0.2, 0) is 11.8 Å². The summed E-state index contributed by atoms with van der Waals surface area (Å²) in [5, 5.41) is 6.76. The van der Waals surface area contributed by atoms with E-state index in [-0.39, 0.29) is 12.6 Å². The molecule has 0 saturated heterocycles. The van der Waals surface area contributed by atoms with Crippen LogP contribution in [-0.4, -0.2) is 42.4 Å². The first-order valence-electron chi connectivity index (χ1n) is 5.26. The smallest absolute Gasteiger partial charge is 0.330 e. The summed E-state index contributed by atoms with van der Waals surface area (Å²) in [4.78, 5) is 0. The molecule has 0 saturated carbocycles. The van der Waals surface area contributed by atoms with Gasteiger partial charge in [-0.25, -0.2) is 8.78 Å². The topological polar surface area (TPSA) is 39.1 Å². The lowest BCUT2D eigenvalue weighted by Gasteiger charge is -2.18. The third kappa shape index (κ3) is 3.95. The van der Waals surface area contributed by atoms with E-state index in [9.17, 15) is 17.6 Å². The van der Waals surface area contributed by atoms with Gasteiger partial charge in [0.1, 0.15) is 6.61 Å². The van der Waals surface area contributed by atoms with Crippen molar-refractivity contribution in [3.8, 4) is 0 Å². The summed E-state index contributed by atoms with van der Waals surface area (Å²) in [6.07, 6.45) is -0.477. The summed E-state index contributed by atoms with van der Waals surface area (Å²) in [6.45, 7) is -1.44. The number of likely N-dealkylation sites (N-methyl/N-ethyl adjacent to an activating group) is 1. The molecule has 0 aliphatic carbocycles. The maximum Gasteiger partial charge on any atom is 0.330 e. The van der Waals surface area contributed by atoms with E-state index in [2.05, 4.69) is 15.2 Å². The Bertz CT molecular complexity index is 370. The molecule has 0 bridgehead atoms. The second-order valence-electron chi connectivity index (χ2n) is 3.87. The molecule has 1 atom stereocenters. The molecule has 0 aromatic carbocycles. The van der Waals surface area contributed by atoms with Gasteiger partial charge in [-0.15, -0.1) is 0 Å². The van der Waals surface area contributed by atoms with Crippen LogP contribution in [0, 0.1) is 0 Å². The van der Waals surface area contributed by atoms with Crippen LogP contribution in [0.25, 0.3) is 0 Å². The maximum atomic E-state index is 12.6.